The number of imide groups is 1. The third-order valence-corrected chi connectivity index (χ3v) is 14.6. The highest BCUT2D eigenvalue weighted by Crippen LogP contribution is 2.36. The maximum atomic E-state index is 14.2. The fraction of sp³-hybridized carbons (Fsp3) is 0.490. The number of aryl methyl sites for hydroxylation is 1. The van der Waals surface area contributed by atoms with Crippen molar-refractivity contribution >= 4 is 52.4 Å². The zero-order valence-electron chi connectivity index (χ0n) is 38.4. The molecule has 5 N–H and O–H groups in total. The first-order valence-electron chi connectivity index (χ1n) is 23.9. The Morgan fingerprint density at radius 1 is 0.791 bits per heavy atom. The fourth-order valence-electron chi connectivity index (χ4n) is 10.9. The van der Waals surface area contributed by atoms with E-state index < -0.39 is 53.7 Å². The average molecular weight is 915 g/mol. The van der Waals surface area contributed by atoms with E-state index in [0.29, 0.717) is 43.7 Å². The summed E-state index contributed by atoms with van der Waals surface area (Å²) in [5, 5.41) is 8.33. The minimum atomic E-state index is -1.08. The highest BCUT2D eigenvalue weighted by molar-refractivity contribution is 6.00. The Labute approximate surface area is 390 Å². The fourth-order valence-corrected chi connectivity index (χ4v) is 10.9. The van der Waals surface area contributed by atoms with Crippen LogP contribution in [0, 0.1) is 17.8 Å². The van der Waals surface area contributed by atoms with Crippen LogP contribution < -0.4 is 27.4 Å². The summed E-state index contributed by atoms with van der Waals surface area (Å²) in [6.45, 7) is 2.53. The Kier molecular flexibility index (Phi) is 14.4. The van der Waals surface area contributed by atoms with Crippen LogP contribution in [-0.4, -0.2) is 91.5 Å². The minimum Gasteiger partial charge on any atom is -0.370 e. The average Bonchev–Trinajstić information content (AvgIpc) is 3.85. The van der Waals surface area contributed by atoms with E-state index in [4.69, 9.17) is 5.73 Å². The lowest BCUT2D eigenvalue weighted by molar-refractivity contribution is -0.147. The summed E-state index contributed by atoms with van der Waals surface area (Å²) in [4.78, 5) is 109. The Morgan fingerprint density at radius 3 is 2.12 bits per heavy atom. The lowest BCUT2D eigenvalue weighted by atomic mass is 9.78. The largest absolute Gasteiger partial charge is 0.370 e. The van der Waals surface area contributed by atoms with Crippen molar-refractivity contribution in [1.82, 2.24) is 34.9 Å². The Bertz CT molecular complexity index is 2530. The molecule has 1 aliphatic carbocycles. The molecule has 354 valence electrons. The van der Waals surface area contributed by atoms with E-state index in [9.17, 15) is 38.4 Å². The summed E-state index contributed by atoms with van der Waals surface area (Å²) < 4.78 is 3.06. The van der Waals surface area contributed by atoms with Crippen LogP contribution in [0.15, 0.2) is 83.7 Å². The summed E-state index contributed by atoms with van der Waals surface area (Å²) in [7, 11) is 1.70. The number of piperidine rings is 1. The van der Waals surface area contributed by atoms with Crippen molar-refractivity contribution < 1.29 is 33.6 Å². The Morgan fingerprint density at radius 2 is 1.46 bits per heavy atom. The van der Waals surface area contributed by atoms with E-state index in [1.165, 1.54) is 4.57 Å². The van der Waals surface area contributed by atoms with E-state index in [2.05, 4.69) is 16.0 Å². The molecule has 0 bridgehead atoms. The van der Waals surface area contributed by atoms with Crippen LogP contribution >= 0.6 is 0 Å². The van der Waals surface area contributed by atoms with Crippen LogP contribution in [0.2, 0.25) is 0 Å². The van der Waals surface area contributed by atoms with Crippen LogP contribution in [-0.2, 0) is 47.0 Å². The van der Waals surface area contributed by atoms with Gasteiger partial charge in [-0.25, -0.2) is 4.79 Å². The summed E-state index contributed by atoms with van der Waals surface area (Å²) in [6.07, 6.45) is 6.88. The van der Waals surface area contributed by atoms with Gasteiger partial charge in [0.15, 0.2) is 0 Å². The molecule has 1 unspecified atom stereocenters. The van der Waals surface area contributed by atoms with Gasteiger partial charge in [-0.15, -0.1) is 0 Å². The number of hydrogen-bond donors (Lipinski definition) is 4. The van der Waals surface area contributed by atoms with Gasteiger partial charge in [0.1, 0.15) is 18.1 Å². The number of nitrogens with two attached hydrogens (primary N) is 1. The van der Waals surface area contributed by atoms with E-state index in [1.807, 2.05) is 83.8 Å². The second kappa shape index (κ2) is 20.5. The van der Waals surface area contributed by atoms with Crippen molar-refractivity contribution in [3.63, 3.8) is 0 Å². The molecule has 16 nitrogen and oxygen atoms in total. The molecule has 0 spiro atoms. The highest BCUT2D eigenvalue weighted by atomic mass is 16.2. The van der Waals surface area contributed by atoms with Crippen LogP contribution in [0.25, 0.3) is 11.0 Å². The summed E-state index contributed by atoms with van der Waals surface area (Å²) in [5.41, 5.74) is 9.43. The van der Waals surface area contributed by atoms with E-state index in [1.54, 1.807) is 23.4 Å². The van der Waals surface area contributed by atoms with Crippen molar-refractivity contribution in [2.24, 2.45) is 30.5 Å². The van der Waals surface area contributed by atoms with Crippen LogP contribution in [0.4, 0.5) is 0 Å². The van der Waals surface area contributed by atoms with Crippen LogP contribution in [0.1, 0.15) is 113 Å². The molecule has 1 saturated carbocycles. The number of carbonyl (C=O) groups is 7. The SMILES string of the molecule is C[C@H]1CN(C(=O)CC2CCC(Cc3ccc4c(c3)n(C)c(=O)n4C3CCC(=O)NC3=O)CC2)CC[C@H]2CC[C@@H](C(=O)N[C@@H](CCC(N)=O)C(=O)NC(c3ccccc3)c3ccccc3)N2C1=O. The Balaban J connectivity index is 0.847. The molecule has 3 aliphatic heterocycles. The van der Waals surface area contributed by atoms with Gasteiger partial charge in [0.25, 0.3) is 0 Å². The molecule has 16 heteroatoms. The molecule has 8 rings (SSSR count). The van der Waals surface area contributed by atoms with Gasteiger partial charge in [-0.3, -0.25) is 48.0 Å². The first-order chi connectivity index (χ1) is 32.2. The number of imidazole rings is 1. The molecule has 5 atom stereocenters. The first-order valence-corrected chi connectivity index (χ1v) is 23.9. The van der Waals surface area contributed by atoms with Gasteiger partial charge < -0.3 is 26.2 Å². The number of nitrogens with zero attached hydrogens (tertiary/aromatic N) is 4. The molecular weight excluding hydrogens is 853 g/mol. The third kappa shape index (κ3) is 10.5. The summed E-state index contributed by atoms with van der Waals surface area (Å²) in [5.74, 6) is -2.34. The highest BCUT2D eigenvalue weighted by Gasteiger charge is 2.45. The first kappa shape index (κ1) is 46.9. The number of hydrogen-bond acceptors (Lipinski definition) is 8. The predicted molar refractivity (Wildman–Crippen MR) is 250 cm³/mol. The smallest absolute Gasteiger partial charge is 0.329 e. The van der Waals surface area contributed by atoms with Crippen LogP contribution in [0.5, 0.6) is 0 Å². The molecule has 4 heterocycles. The number of nitrogens with one attached hydrogen (secondary N) is 3. The van der Waals surface area contributed by atoms with Crippen molar-refractivity contribution in [2.75, 3.05) is 13.1 Å². The molecule has 3 saturated heterocycles. The lowest BCUT2D eigenvalue weighted by Gasteiger charge is -2.38. The molecule has 1 aromatic heterocycles. The van der Waals surface area contributed by atoms with E-state index >= 15 is 0 Å². The molecule has 0 radical (unpaired) electrons. The monoisotopic (exact) mass is 914 g/mol. The van der Waals surface area contributed by atoms with Gasteiger partial charge in [0.05, 0.1) is 23.0 Å². The second-order valence-electron chi connectivity index (χ2n) is 19.1. The summed E-state index contributed by atoms with van der Waals surface area (Å²) >= 11 is 0. The van der Waals surface area contributed by atoms with Gasteiger partial charge in [0.2, 0.25) is 41.4 Å². The number of amides is 7. The molecule has 4 aromatic rings. The summed E-state index contributed by atoms with van der Waals surface area (Å²) in [6, 6.07) is 21.5. The quantitative estimate of drug-likeness (QED) is 0.136. The molecular formula is C51H62N8O8. The van der Waals surface area contributed by atoms with Crippen molar-refractivity contribution in [2.45, 2.75) is 121 Å². The maximum Gasteiger partial charge on any atom is 0.329 e. The molecule has 4 aliphatic rings. The number of benzene rings is 3. The number of carbonyl (C=O) groups excluding carboxylic acids is 7. The van der Waals surface area contributed by atoms with Gasteiger partial charge in [0, 0.05) is 45.4 Å². The number of aromatic nitrogens is 2. The zero-order chi connectivity index (χ0) is 47.4. The molecule has 67 heavy (non-hydrogen) atoms. The van der Waals surface area contributed by atoms with Gasteiger partial charge >= 0.3 is 5.69 Å². The van der Waals surface area contributed by atoms with Gasteiger partial charge in [-0.1, -0.05) is 73.7 Å². The van der Waals surface area contributed by atoms with Crippen molar-refractivity contribution in [3.05, 3.63) is 106 Å². The van der Waals surface area contributed by atoms with Gasteiger partial charge in [-0.2, -0.15) is 0 Å². The van der Waals surface area contributed by atoms with E-state index in [0.717, 1.165) is 54.3 Å². The lowest BCUT2D eigenvalue weighted by Crippen LogP contribution is -2.57. The van der Waals surface area contributed by atoms with Gasteiger partial charge in [-0.05, 0) is 105 Å². The van der Waals surface area contributed by atoms with Crippen molar-refractivity contribution in [3.8, 4) is 0 Å². The normalized spacial score (nSPS) is 23.8. The maximum absolute atomic E-state index is 14.2. The molecule has 3 aromatic carbocycles. The number of primary amides is 1. The minimum absolute atomic E-state index is 0.00725. The predicted octanol–water partition coefficient (Wildman–Crippen LogP) is 3.94. The molecule has 7 amide bonds. The number of rotatable bonds is 14. The Hall–Kier alpha value is -6.58. The second-order valence-corrected chi connectivity index (χ2v) is 19.1. The standard InChI is InChI=1S/C51H62N8O8/c1-31-30-57(45(62)29-33-15-13-32(14-16-33)27-34-17-20-39-42(28-34)56(2)51(67)59(39)41-22-24-44(61)54-49(41)65)26-25-37-18-21-40(58(37)50(31)66)48(64)53-38(19-23-43(52)60)47(63)55-46(35-9-5-3-6-10-35)36-11-7-4-8-12-36/h3-12,17,20,28,31-33,37-38,40-41,46H,13-16,18-19,21-27,29-30H2,1-2H3,(H2,52,60)(H,53,64)(H,55,63)(H,54,61,65)/t31-,32?,33?,37+,38-,40-,41?/m0/s1. The molecule has 4 fully saturated rings. The number of fused-ring (bicyclic) bond motifs is 2. The van der Waals surface area contributed by atoms with E-state index in [-0.39, 0.29) is 67.6 Å². The van der Waals surface area contributed by atoms with Crippen LogP contribution in [0.3, 0.4) is 0 Å². The zero-order valence-corrected chi connectivity index (χ0v) is 38.4. The topological polar surface area (TPSA) is 215 Å². The third-order valence-electron chi connectivity index (χ3n) is 14.6. The van der Waals surface area contributed by atoms with Crippen molar-refractivity contribution in [1.29, 1.82) is 0 Å².